The van der Waals surface area contributed by atoms with Gasteiger partial charge in [0.25, 0.3) is 0 Å². The molecule has 21 heavy (non-hydrogen) atoms. The molecule has 0 saturated carbocycles. The van der Waals surface area contributed by atoms with Gasteiger partial charge in [0.05, 0.1) is 0 Å². The molecule has 0 amide bonds. The van der Waals surface area contributed by atoms with Crippen LogP contribution in [0.2, 0.25) is 5.02 Å². The number of benzene rings is 2. The molecule has 0 aliphatic heterocycles. The fourth-order valence-electron chi connectivity index (χ4n) is 1.67. The zero-order valence-electron chi connectivity index (χ0n) is 11.1. The number of aryl methyl sites for hydroxylation is 1. The second kappa shape index (κ2) is 6.41. The van der Waals surface area contributed by atoms with Crippen molar-refractivity contribution in [2.75, 3.05) is 0 Å². The van der Waals surface area contributed by atoms with E-state index < -0.39 is 11.8 Å². The van der Waals surface area contributed by atoms with Gasteiger partial charge in [-0.25, -0.2) is 9.18 Å². The van der Waals surface area contributed by atoms with E-state index in [-0.39, 0.29) is 5.75 Å². The smallest absolute Gasteiger partial charge is 0.328 e. The molecule has 0 atom stereocenters. The van der Waals surface area contributed by atoms with Crippen LogP contribution in [0.4, 0.5) is 4.39 Å². The Morgan fingerprint density at radius 1 is 1.24 bits per heavy atom. The number of halogens is 2. The van der Waals surface area contributed by atoms with Crippen molar-refractivity contribution >= 4 is 23.6 Å². The Morgan fingerprint density at radius 3 is 2.67 bits per heavy atom. The summed E-state index contributed by atoms with van der Waals surface area (Å²) in [5, 5.41) is 9.03. The molecule has 0 unspecified atom stereocenters. The van der Waals surface area contributed by atoms with Gasteiger partial charge in [0, 0.05) is 11.1 Å². The molecule has 0 spiro atoms. The van der Waals surface area contributed by atoms with E-state index in [0.717, 1.165) is 11.6 Å². The monoisotopic (exact) mass is 306 g/mol. The molecule has 1 N–H and O–H groups in total. The molecule has 3 nitrogen and oxygen atoms in total. The molecule has 0 fully saturated rings. The highest BCUT2D eigenvalue weighted by molar-refractivity contribution is 6.30. The standard InChI is InChI=1S/C16H12ClFO3/c1-10-2-5-12(17)9-15(10)21-14-6-3-11(8-13(14)18)4-7-16(19)20/h2-9H,1H3,(H,19,20). The third-order valence-electron chi connectivity index (χ3n) is 2.74. The summed E-state index contributed by atoms with van der Waals surface area (Å²) in [6.07, 6.45) is 2.25. The van der Waals surface area contributed by atoms with Crippen LogP contribution in [-0.2, 0) is 4.79 Å². The lowest BCUT2D eigenvalue weighted by atomic mass is 10.2. The molecule has 0 aromatic heterocycles. The van der Waals surface area contributed by atoms with E-state index in [0.29, 0.717) is 16.3 Å². The molecule has 108 valence electrons. The van der Waals surface area contributed by atoms with Crippen molar-refractivity contribution in [3.63, 3.8) is 0 Å². The maximum Gasteiger partial charge on any atom is 0.328 e. The summed E-state index contributed by atoms with van der Waals surface area (Å²) in [6.45, 7) is 1.83. The minimum absolute atomic E-state index is 0.0489. The van der Waals surface area contributed by atoms with Crippen molar-refractivity contribution in [1.29, 1.82) is 0 Å². The van der Waals surface area contributed by atoms with Crippen molar-refractivity contribution in [2.24, 2.45) is 0 Å². The summed E-state index contributed by atoms with van der Waals surface area (Å²) in [7, 11) is 0. The zero-order valence-corrected chi connectivity index (χ0v) is 11.9. The van der Waals surface area contributed by atoms with Gasteiger partial charge in [-0.2, -0.15) is 0 Å². The molecule has 2 rings (SSSR count). The minimum atomic E-state index is -1.09. The van der Waals surface area contributed by atoms with Crippen LogP contribution < -0.4 is 4.74 Å². The number of carbonyl (C=O) groups is 1. The van der Waals surface area contributed by atoms with E-state index in [2.05, 4.69) is 0 Å². The maximum absolute atomic E-state index is 14.0. The fourth-order valence-corrected chi connectivity index (χ4v) is 1.84. The molecule has 5 heteroatoms. The first kappa shape index (κ1) is 15.1. The second-order valence-electron chi connectivity index (χ2n) is 4.37. The van der Waals surface area contributed by atoms with Crippen LogP contribution in [-0.4, -0.2) is 11.1 Å². The van der Waals surface area contributed by atoms with Crippen LogP contribution in [0.25, 0.3) is 6.08 Å². The van der Waals surface area contributed by atoms with Crippen LogP contribution >= 0.6 is 11.6 Å². The summed E-state index contributed by atoms with van der Waals surface area (Å²) in [6, 6.07) is 9.32. The average molecular weight is 307 g/mol. The third-order valence-corrected chi connectivity index (χ3v) is 2.98. The Balaban J connectivity index is 2.25. The lowest BCUT2D eigenvalue weighted by Gasteiger charge is -2.10. The van der Waals surface area contributed by atoms with Crippen molar-refractivity contribution in [3.8, 4) is 11.5 Å². The first-order valence-corrected chi connectivity index (χ1v) is 6.48. The summed E-state index contributed by atoms with van der Waals surface area (Å²) in [4.78, 5) is 10.4. The average Bonchev–Trinajstić information content (AvgIpc) is 2.43. The van der Waals surface area contributed by atoms with Crippen molar-refractivity contribution in [3.05, 3.63) is 64.4 Å². The molecule has 2 aromatic carbocycles. The van der Waals surface area contributed by atoms with Crippen molar-refractivity contribution in [2.45, 2.75) is 6.92 Å². The molecule has 0 radical (unpaired) electrons. The third kappa shape index (κ3) is 4.07. The first-order chi connectivity index (χ1) is 9.95. The highest BCUT2D eigenvalue weighted by atomic mass is 35.5. The molecule has 2 aromatic rings. The van der Waals surface area contributed by atoms with Gasteiger partial charge in [0.15, 0.2) is 11.6 Å². The van der Waals surface area contributed by atoms with Gasteiger partial charge < -0.3 is 9.84 Å². The summed E-state index contributed by atoms with van der Waals surface area (Å²) >= 11 is 5.88. The Kier molecular flexibility index (Phi) is 4.60. The van der Waals surface area contributed by atoms with Crippen LogP contribution in [0.5, 0.6) is 11.5 Å². The summed E-state index contributed by atoms with van der Waals surface area (Å²) in [5.74, 6) is -1.16. The number of carboxylic acids is 1. The number of hydrogen-bond donors (Lipinski definition) is 1. The SMILES string of the molecule is Cc1ccc(Cl)cc1Oc1ccc(C=CC(=O)O)cc1F. The minimum Gasteiger partial charge on any atom is -0.478 e. The van der Waals surface area contributed by atoms with E-state index in [9.17, 15) is 9.18 Å². The largest absolute Gasteiger partial charge is 0.478 e. The normalized spacial score (nSPS) is 10.8. The van der Waals surface area contributed by atoms with Gasteiger partial charge in [-0.05, 0) is 48.4 Å². The Bertz CT molecular complexity index is 711. The molecule has 0 heterocycles. The number of hydrogen-bond acceptors (Lipinski definition) is 2. The van der Waals surface area contributed by atoms with Crippen LogP contribution in [0.3, 0.4) is 0 Å². The molecule has 0 aliphatic carbocycles. The van der Waals surface area contributed by atoms with Gasteiger partial charge in [-0.15, -0.1) is 0 Å². The van der Waals surface area contributed by atoms with E-state index in [1.807, 2.05) is 6.92 Å². The van der Waals surface area contributed by atoms with Gasteiger partial charge >= 0.3 is 5.97 Å². The van der Waals surface area contributed by atoms with Crippen molar-refractivity contribution < 1.29 is 19.0 Å². The lowest BCUT2D eigenvalue weighted by Crippen LogP contribution is -1.92. The molecular formula is C16H12ClFO3. The Labute approximate surface area is 126 Å². The summed E-state index contributed by atoms with van der Waals surface area (Å²) < 4.78 is 19.5. The van der Waals surface area contributed by atoms with Gasteiger partial charge in [0.2, 0.25) is 0 Å². The van der Waals surface area contributed by atoms with Crippen LogP contribution in [0.1, 0.15) is 11.1 Å². The van der Waals surface area contributed by atoms with Crippen LogP contribution in [0, 0.1) is 12.7 Å². The van der Waals surface area contributed by atoms with E-state index in [1.165, 1.54) is 18.2 Å². The molecule has 0 bridgehead atoms. The second-order valence-corrected chi connectivity index (χ2v) is 4.81. The lowest BCUT2D eigenvalue weighted by molar-refractivity contribution is -0.131. The highest BCUT2D eigenvalue weighted by Crippen LogP contribution is 2.30. The number of aliphatic carboxylic acids is 1. The highest BCUT2D eigenvalue weighted by Gasteiger charge is 2.08. The van der Waals surface area contributed by atoms with E-state index in [1.54, 1.807) is 24.3 Å². The van der Waals surface area contributed by atoms with Gasteiger partial charge in [0.1, 0.15) is 5.75 Å². The Morgan fingerprint density at radius 2 is 2.00 bits per heavy atom. The zero-order chi connectivity index (χ0) is 15.4. The first-order valence-electron chi connectivity index (χ1n) is 6.10. The molecule has 0 aliphatic rings. The number of rotatable bonds is 4. The van der Waals surface area contributed by atoms with E-state index in [4.69, 9.17) is 21.4 Å². The topological polar surface area (TPSA) is 46.5 Å². The van der Waals surface area contributed by atoms with Crippen molar-refractivity contribution in [1.82, 2.24) is 0 Å². The van der Waals surface area contributed by atoms with Crippen LogP contribution in [0.15, 0.2) is 42.5 Å². The quantitative estimate of drug-likeness (QED) is 0.834. The van der Waals surface area contributed by atoms with Gasteiger partial charge in [-0.3, -0.25) is 0 Å². The molecule has 0 saturated heterocycles. The molecular weight excluding hydrogens is 295 g/mol. The maximum atomic E-state index is 14.0. The predicted octanol–water partition coefficient (Wildman–Crippen LogP) is 4.68. The summed E-state index contributed by atoms with van der Waals surface area (Å²) in [5.41, 5.74) is 1.26. The van der Waals surface area contributed by atoms with Gasteiger partial charge in [-0.1, -0.05) is 23.7 Å². The predicted molar refractivity (Wildman–Crippen MR) is 79.3 cm³/mol. The fraction of sp³-hybridized carbons (Fsp3) is 0.0625. The number of ether oxygens (including phenoxy) is 1. The van der Waals surface area contributed by atoms with E-state index >= 15 is 0 Å². The number of carboxylic acid groups (broad SMARTS) is 1. The Hall–Kier alpha value is -2.33.